The number of carbonyl (C=O) groups excluding carboxylic acids is 2. The molecule has 4 aromatic rings. The summed E-state index contributed by atoms with van der Waals surface area (Å²) >= 11 is 7.63. The summed E-state index contributed by atoms with van der Waals surface area (Å²) in [5.41, 5.74) is 3.69. The fraction of sp³-hybridized carbons (Fsp3) is 0.179. The molecule has 7 nitrogen and oxygen atoms in total. The minimum atomic E-state index is -0.922. The van der Waals surface area contributed by atoms with Crippen LogP contribution in [0.25, 0.3) is 16.0 Å². The van der Waals surface area contributed by atoms with E-state index in [4.69, 9.17) is 26.1 Å². The highest BCUT2D eigenvalue weighted by molar-refractivity contribution is 7.22. The number of ketones is 1. The summed E-state index contributed by atoms with van der Waals surface area (Å²) in [5.74, 6) is -0.867. The molecule has 1 aromatic heterocycles. The van der Waals surface area contributed by atoms with E-state index in [1.807, 2.05) is 26.0 Å². The van der Waals surface area contributed by atoms with Gasteiger partial charge in [-0.3, -0.25) is 14.5 Å². The maximum Gasteiger partial charge on any atom is 0.301 e. The molecule has 0 radical (unpaired) electrons. The molecule has 0 saturated carbocycles. The normalized spacial score (nSPS) is 18.6. The highest BCUT2D eigenvalue weighted by Gasteiger charge is 2.48. The second-order valence-electron chi connectivity index (χ2n) is 9.01. The van der Waals surface area contributed by atoms with Gasteiger partial charge in [-0.1, -0.05) is 41.1 Å². The zero-order valence-electron chi connectivity index (χ0n) is 19.9. The van der Waals surface area contributed by atoms with Crippen LogP contribution in [0.5, 0.6) is 11.5 Å². The van der Waals surface area contributed by atoms with Crippen LogP contribution in [0, 0.1) is 13.8 Å². The van der Waals surface area contributed by atoms with Crippen LogP contribution in [0.2, 0.25) is 5.02 Å². The van der Waals surface area contributed by atoms with Gasteiger partial charge in [0.1, 0.15) is 19.0 Å². The van der Waals surface area contributed by atoms with E-state index < -0.39 is 17.7 Å². The Kier molecular flexibility index (Phi) is 5.66. The lowest BCUT2D eigenvalue weighted by Crippen LogP contribution is -2.29. The number of aliphatic hydroxyl groups excluding tert-OH is 1. The van der Waals surface area contributed by atoms with Crippen molar-refractivity contribution < 1.29 is 24.2 Å². The van der Waals surface area contributed by atoms with Crippen molar-refractivity contribution in [3.8, 4) is 11.5 Å². The van der Waals surface area contributed by atoms with Crippen molar-refractivity contribution in [2.24, 2.45) is 0 Å². The van der Waals surface area contributed by atoms with E-state index in [-0.39, 0.29) is 11.3 Å². The highest BCUT2D eigenvalue weighted by atomic mass is 35.5. The van der Waals surface area contributed by atoms with Crippen molar-refractivity contribution >= 4 is 55.7 Å². The molecule has 3 aromatic carbocycles. The van der Waals surface area contributed by atoms with Crippen molar-refractivity contribution in [2.45, 2.75) is 19.9 Å². The van der Waals surface area contributed by atoms with Crippen LogP contribution in [-0.4, -0.2) is 35.0 Å². The van der Waals surface area contributed by atoms with Gasteiger partial charge in [-0.05, 0) is 66.9 Å². The number of halogens is 1. The van der Waals surface area contributed by atoms with E-state index in [0.29, 0.717) is 46.0 Å². The third kappa shape index (κ3) is 3.93. The molecule has 3 heterocycles. The zero-order valence-corrected chi connectivity index (χ0v) is 21.5. The van der Waals surface area contributed by atoms with Crippen molar-refractivity contribution in [1.29, 1.82) is 0 Å². The number of aromatic nitrogens is 1. The van der Waals surface area contributed by atoms with Gasteiger partial charge in [0.05, 0.1) is 21.8 Å². The number of aliphatic hydroxyl groups is 1. The fourth-order valence-electron chi connectivity index (χ4n) is 4.83. The number of ether oxygens (including phenoxy) is 2. The lowest BCUT2D eigenvalue weighted by atomic mass is 9.95. The predicted octanol–water partition coefficient (Wildman–Crippen LogP) is 5.96. The molecule has 1 N–H and O–H groups in total. The Balaban J connectivity index is 1.55. The van der Waals surface area contributed by atoms with Crippen molar-refractivity contribution in [1.82, 2.24) is 4.98 Å². The Labute approximate surface area is 221 Å². The van der Waals surface area contributed by atoms with Gasteiger partial charge in [0.15, 0.2) is 16.6 Å². The summed E-state index contributed by atoms with van der Waals surface area (Å²) in [4.78, 5) is 33.1. The van der Waals surface area contributed by atoms with Gasteiger partial charge in [0, 0.05) is 10.6 Å². The Morgan fingerprint density at radius 3 is 2.62 bits per heavy atom. The van der Waals surface area contributed by atoms with Crippen molar-refractivity contribution in [3.05, 3.63) is 87.4 Å². The van der Waals surface area contributed by atoms with Gasteiger partial charge in [-0.25, -0.2) is 4.98 Å². The molecule has 6 rings (SSSR count). The maximum absolute atomic E-state index is 13.5. The number of benzene rings is 3. The van der Waals surface area contributed by atoms with Gasteiger partial charge in [-0.2, -0.15) is 0 Å². The van der Waals surface area contributed by atoms with Gasteiger partial charge in [0.25, 0.3) is 5.78 Å². The Morgan fingerprint density at radius 1 is 1.05 bits per heavy atom. The van der Waals surface area contributed by atoms with Gasteiger partial charge in [-0.15, -0.1) is 0 Å². The SMILES string of the molecule is Cc1cc(C)c2nc(N3C(=O)C(=O)C(=C(O)c4ccc5c(c4)OCCO5)C3c3cccc(Cl)c3)sc2c1. The third-order valence-electron chi connectivity index (χ3n) is 6.45. The van der Waals surface area contributed by atoms with Crippen LogP contribution in [-0.2, 0) is 9.59 Å². The number of fused-ring (bicyclic) bond motifs is 2. The summed E-state index contributed by atoms with van der Waals surface area (Å²) < 4.78 is 12.1. The number of aryl methyl sites for hydroxylation is 2. The highest BCUT2D eigenvalue weighted by Crippen LogP contribution is 2.45. The number of carbonyl (C=O) groups is 2. The van der Waals surface area contributed by atoms with Gasteiger partial charge in [0.2, 0.25) is 0 Å². The molecule has 2 aliphatic rings. The van der Waals surface area contributed by atoms with Gasteiger partial charge < -0.3 is 14.6 Å². The lowest BCUT2D eigenvalue weighted by Gasteiger charge is -2.23. The van der Waals surface area contributed by atoms with Crippen LogP contribution >= 0.6 is 22.9 Å². The third-order valence-corrected chi connectivity index (χ3v) is 7.69. The first-order chi connectivity index (χ1) is 17.8. The number of Topliss-reactive ketones (excluding diaryl/α,β-unsaturated/α-hetero) is 1. The molecule has 1 fully saturated rings. The second kappa shape index (κ2) is 8.90. The molecule has 0 spiro atoms. The molecular weight excluding hydrogens is 512 g/mol. The first-order valence-electron chi connectivity index (χ1n) is 11.7. The van der Waals surface area contributed by atoms with Crippen LogP contribution in [0.4, 0.5) is 5.13 Å². The number of rotatable bonds is 3. The van der Waals surface area contributed by atoms with E-state index in [0.717, 1.165) is 21.3 Å². The van der Waals surface area contributed by atoms with E-state index in [2.05, 4.69) is 0 Å². The largest absolute Gasteiger partial charge is 0.507 e. The van der Waals surface area contributed by atoms with Crippen LogP contribution in [0.15, 0.2) is 60.2 Å². The molecule has 9 heteroatoms. The number of amides is 1. The Morgan fingerprint density at radius 2 is 1.84 bits per heavy atom. The summed E-state index contributed by atoms with van der Waals surface area (Å²) in [7, 11) is 0. The topological polar surface area (TPSA) is 89.0 Å². The van der Waals surface area contributed by atoms with E-state index in [9.17, 15) is 14.7 Å². The van der Waals surface area contributed by atoms with Crippen LogP contribution in [0.1, 0.15) is 28.3 Å². The number of anilines is 1. The quantitative estimate of drug-likeness (QED) is 0.199. The molecule has 186 valence electrons. The monoisotopic (exact) mass is 532 g/mol. The molecule has 1 amide bonds. The summed E-state index contributed by atoms with van der Waals surface area (Å²) in [6.45, 7) is 4.76. The van der Waals surface area contributed by atoms with E-state index in [1.165, 1.54) is 16.2 Å². The standard InChI is InChI=1S/C28H21ClN2O5S/c1-14-10-15(2)23-21(11-14)37-28(30-23)31-24(16-4-3-5-18(29)12-16)22(26(33)27(31)34)25(32)17-6-7-19-20(13-17)36-9-8-35-19/h3-7,10-13,24,32H,8-9H2,1-2H3. The molecule has 0 bridgehead atoms. The average molecular weight is 533 g/mol. The Bertz CT molecular complexity index is 1640. The van der Waals surface area contributed by atoms with Crippen molar-refractivity contribution in [2.75, 3.05) is 18.1 Å². The summed E-state index contributed by atoms with van der Waals surface area (Å²) in [5, 5.41) is 12.2. The van der Waals surface area contributed by atoms with Crippen LogP contribution < -0.4 is 14.4 Å². The maximum atomic E-state index is 13.5. The second-order valence-corrected chi connectivity index (χ2v) is 10.5. The first-order valence-corrected chi connectivity index (χ1v) is 12.9. The molecule has 1 unspecified atom stereocenters. The summed E-state index contributed by atoms with van der Waals surface area (Å²) in [6, 6.07) is 14.9. The smallest absolute Gasteiger partial charge is 0.301 e. The summed E-state index contributed by atoms with van der Waals surface area (Å²) in [6.07, 6.45) is 0. The zero-order chi connectivity index (χ0) is 25.8. The lowest BCUT2D eigenvalue weighted by molar-refractivity contribution is -0.132. The predicted molar refractivity (Wildman–Crippen MR) is 143 cm³/mol. The number of nitrogens with zero attached hydrogens (tertiary/aromatic N) is 2. The van der Waals surface area contributed by atoms with E-state index >= 15 is 0 Å². The number of hydrogen-bond donors (Lipinski definition) is 1. The molecule has 1 saturated heterocycles. The first kappa shape index (κ1) is 23.5. The Hall–Kier alpha value is -3.88. The number of thiazole rings is 1. The molecule has 2 aliphatic heterocycles. The van der Waals surface area contributed by atoms with E-state index in [1.54, 1.807) is 42.5 Å². The molecular formula is C28H21ClN2O5S. The minimum Gasteiger partial charge on any atom is -0.507 e. The molecule has 37 heavy (non-hydrogen) atoms. The number of hydrogen-bond acceptors (Lipinski definition) is 7. The van der Waals surface area contributed by atoms with Gasteiger partial charge >= 0.3 is 5.91 Å². The van der Waals surface area contributed by atoms with Crippen LogP contribution in [0.3, 0.4) is 0 Å². The molecule has 0 aliphatic carbocycles. The fourth-order valence-corrected chi connectivity index (χ4v) is 6.20. The molecule has 1 atom stereocenters. The average Bonchev–Trinajstić information content (AvgIpc) is 3.42. The van der Waals surface area contributed by atoms with Crippen molar-refractivity contribution in [3.63, 3.8) is 0 Å². The minimum absolute atomic E-state index is 0.0453.